The Bertz CT molecular complexity index is 510. The number of nitrogens with two attached hydrogens (primary N) is 1. The molecule has 0 heterocycles. The van der Waals surface area contributed by atoms with Gasteiger partial charge in [0.15, 0.2) is 6.61 Å². The number of amides is 2. The van der Waals surface area contributed by atoms with E-state index < -0.39 is 5.54 Å². The second-order valence-corrected chi connectivity index (χ2v) is 5.72. The number of benzene rings is 1. The number of nitrogens with zero attached hydrogens (tertiary/aromatic N) is 1. The molecule has 1 atom stereocenters. The van der Waals surface area contributed by atoms with Gasteiger partial charge in [0.2, 0.25) is 5.91 Å². The van der Waals surface area contributed by atoms with E-state index in [-0.39, 0.29) is 18.4 Å². The Kier molecular flexibility index (Phi) is 6.37. The van der Waals surface area contributed by atoms with Crippen LogP contribution in [0.4, 0.5) is 5.69 Å². The van der Waals surface area contributed by atoms with Crippen molar-refractivity contribution in [2.75, 3.05) is 26.0 Å². The summed E-state index contributed by atoms with van der Waals surface area (Å²) in [6.45, 7) is 3.69. The maximum Gasteiger partial charge on any atom is 0.259 e. The zero-order valence-corrected chi connectivity index (χ0v) is 13.7. The van der Waals surface area contributed by atoms with Crippen molar-refractivity contribution < 1.29 is 14.3 Å². The van der Waals surface area contributed by atoms with Crippen LogP contribution in [-0.4, -0.2) is 43.0 Å². The van der Waals surface area contributed by atoms with Crippen LogP contribution in [0.1, 0.15) is 26.7 Å². The lowest BCUT2D eigenvalue weighted by molar-refractivity contribution is -0.130. The Balaban J connectivity index is 2.58. The first-order valence-electron chi connectivity index (χ1n) is 7.29. The van der Waals surface area contributed by atoms with Crippen LogP contribution in [0.25, 0.3) is 0 Å². The molecule has 0 aliphatic heterocycles. The fourth-order valence-electron chi connectivity index (χ4n) is 1.82. The van der Waals surface area contributed by atoms with Crippen molar-refractivity contribution in [2.24, 2.45) is 5.73 Å². The lowest BCUT2D eigenvalue weighted by Gasteiger charge is -2.22. The monoisotopic (exact) mass is 307 g/mol. The fraction of sp³-hybridized carbons (Fsp3) is 0.500. The average Bonchev–Trinajstić information content (AvgIpc) is 2.45. The number of carbonyl (C=O) groups is 2. The van der Waals surface area contributed by atoms with Crippen molar-refractivity contribution >= 4 is 17.5 Å². The first kappa shape index (κ1) is 18.0. The summed E-state index contributed by atoms with van der Waals surface area (Å²) < 4.78 is 5.37. The van der Waals surface area contributed by atoms with Gasteiger partial charge in [-0.1, -0.05) is 13.3 Å². The third-order valence-electron chi connectivity index (χ3n) is 3.26. The highest BCUT2D eigenvalue weighted by molar-refractivity contribution is 5.97. The first-order chi connectivity index (χ1) is 10.3. The molecule has 2 amide bonds. The highest BCUT2D eigenvalue weighted by Crippen LogP contribution is 2.18. The molecule has 1 rings (SSSR count). The highest BCUT2D eigenvalue weighted by Gasteiger charge is 2.27. The van der Waals surface area contributed by atoms with Gasteiger partial charge in [-0.2, -0.15) is 0 Å². The van der Waals surface area contributed by atoms with Crippen molar-refractivity contribution in [3.63, 3.8) is 0 Å². The van der Waals surface area contributed by atoms with Gasteiger partial charge in [-0.05, 0) is 37.6 Å². The summed E-state index contributed by atoms with van der Waals surface area (Å²) in [5.41, 5.74) is 5.73. The minimum Gasteiger partial charge on any atom is -0.484 e. The summed E-state index contributed by atoms with van der Waals surface area (Å²) in [7, 11) is 3.34. The zero-order valence-electron chi connectivity index (χ0n) is 13.7. The van der Waals surface area contributed by atoms with Gasteiger partial charge in [-0.3, -0.25) is 9.59 Å². The number of hydrogen-bond acceptors (Lipinski definition) is 4. The van der Waals surface area contributed by atoms with Crippen LogP contribution in [0.15, 0.2) is 24.3 Å². The van der Waals surface area contributed by atoms with Gasteiger partial charge in [0.1, 0.15) is 5.75 Å². The van der Waals surface area contributed by atoms with Gasteiger partial charge in [0.05, 0.1) is 5.54 Å². The molecule has 0 fully saturated rings. The largest absolute Gasteiger partial charge is 0.484 e. The molecule has 0 radical (unpaired) electrons. The number of nitrogens with one attached hydrogen (secondary N) is 1. The standard InChI is InChI=1S/C16H25N3O3/c1-5-10-16(2,17)15(21)18-12-6-8-13(9-7-12)22-11-14(20)19(3)4/h6-9H,5,10-11,17H2,1-4H3,(H,18,21). The Morgan fingerprint density at radius 2 is 1.86 bits per heavy atom. The fourth-order valence-corrected chi connectivity index (χ4v) is 1.82. The summed E-state index contributed by atoms with van der Waals surface area (Å²) in [4.78, 5) is 25.0. The predicted octanol–water partition coefficient (Wildman–Crippen LogP) is 1.61. The van der Waals surface area contributed by atoms with Crippen LogP contribution < -0.4 is 15.8 Å². The molecule has 6 heteroatoms. The molecule has 6 nitrogen and oxygen atoms in total. The molecule has 0 saturated heterocycles. The van der Waals surface area contributed by atoms with Gasteiger partial charge in [0.25, 0.3) is 5.91 Å². The van der Waals surface area contributed by atoms with Crippen LogP contribution in [0.2, 0.25) is 0 Å². The molecule has 0 aliphatic rings. The maximum absolute atomic E-state index is 12.1. The topological polar surface area (TPSA) is 84.7 Å². The van der Waals surface area contributed by atoms with E-state index >= 15 is 0 Å². The smallest absolute Gasteiger partial charge is 0.259 e. The third-order valence-corrected chi connectivity index (χ3v) is 3.26. The van der Waals surface area contributed by atoms with Crippen LogP contribution in [0.5, 0.6) is 5.75 Å². The average molecular weight is 307 g/mol. The van der Waals surface area contributed by atoms with Crippen molar-refractivity contribution in [3.05, 3.63) is 24.3 Å². The van der Waals surface area contributed by atoms with Crippen molar-refractivity contribution in [1.29, 1.82) is 0 Å². The van der Waals surface area contributed by atoms with Gasteiger partial charge < -0.3 is 20.7 Å². The van der Waals surface area contributed by atoms with Gasteiger partial charge in [0, 0.05) is 19.8 Å². The number of rotatable bonds is 7. The molecule has 122 valence electrons. The Morgan fingerprint density at radius 3 is 2.36 bits per heavy atom. The Morgan fingerprint density at radius 1 is 1.27 bits per heavy atom. The van der Waals surface area contributed by atoms with E-state index in [0.29, 0.717) is 17.9 Å². The molecule has 0 bridgehead atoms. The Hall–Kier alpha value is -2.08. The molecule has 1 unspecified atom stereocenters. The minimum absolute atomic E-state index is 0.0178. The molecule has 0 aliphatic carbocycles. The first-order valence-corrected chi connectivity index (χ1v) is 7.29. The second kappa shape index (κ2) is 7.79. The SMILES string of the molecule is CCCC(C)(N)C(=O)Nc1ccc(OCC(=O)N(C)C)cc1. The molecule has 0 saturated carbocycles. The number of carbonyl (C=O) groups excluding carboxylic acids is 2. The zero-order chi connectivity index (χ0) is 16.8. The lowest BCUT2D eigenvalue weighted by atomic mass is 9.96. The summed E-state index contributed by atoms with van der Waals surface area (Å²) >= 11 is 0. The van der Waals surface area contributed by atoms with Gasteiger partial charge in [-0.15, -0.1) is 0 Å². The highest BCUT2D eigenvalue weighted by atomic mass is 16.5. The maximum atomic E-state index is 12.1. The van der Waals surface area contributed by atoms with E-state index in [0.717, 1.165) is 6.42 Å². The molecule has 3 N–H and O–H groups in total. The number of likely N-dealkylation sites (N-methyl/N-ethyl adjacent to an activating group) is 1. The van der Waals surface area contributed by atoms with Gasteiger partial charge >= 0.3 is 0 Å². The normalized spacial score (nSPS) is 13.1. The van der Waals surface area contributed by atoms with Crippen LogP contribution in [0, 0.1) is 0 Å². The molecular formula is C16H25N3O3. The van der Waals surface area contributed by atoms with Crippen molar-refractivity contribution in [2.45, 2.75) is 32.2 Å². The number of hydrogen-bond donors (Lipinski definition) is 2. The van der Waals surface area contributed by atoms with E-state index in [1.807, 2.05) is 6.92 Å². The molecular weight excluding hydrogens is 282 g/mol. The van der Waals surface area contributed by atoms with Crippen LogP contribution in [-0.2, 0) is 9.59 Å². The summed E-state index contributed by atoms with van der Waals surface area (Å²) in [5, 5.41) is 2.78. The minimum atomic E-state index is -0.887. The van der Waals surface area contributed by atoms with Crippen molar-refractivity contribution in [3.8, 4) is 5.75 Å². The predicted molar refractivity (Wildman–Crippen MR) is 86.8 cm³/mol. The summed E-state index contributed by atoms with van der Waals surface area (Å²) in [5.74, 6) is 0.235. The number of anilines is 1. The van der Waals surface area contributed by atoms with Crippen LogP contribution in [0.3, 0.4) is 0 Å². The van der Waals surface area contributed by atoms with Gasteiger partial charge in [-0.25, -0.2) is 0 Å². The van der Waals surface area contributed by atoms with Crippen LogP contribution >= 0.6 is 0 Å². The second-order valence-electron chi connectivity index (χ2n) is 5.72. The molecule has 1 aromatic carbocycles. The van der Waals surface area contributed by atoms with E-state index in [2.05, 4.69) is 5.32 Å². The molecule has 0 aromatic heterocycles. The van der Waals surface area contributed by atoms with E-state index in [9.17, 15) is 9.59 Å². The van der Waals surface area contributed by atoms with E-state index in [1.54, 1.807) is 45.3 Å². The quantitative estimate of drug-likeness (QED) is 0.801. The van der Waals surface area contributed by atoms with E-state index in [1.165, 1.54) is 4.90 Å². The molecule has 1 aromatic rings. The molecule has 22 heavy (non-hydrogen) atoms. The lowest BCUT2D eigenvalue weighted by Crippen LogP contribution is -2.48. The Labute approximate surface area is 131 Å². The summed E-state index contributed by atoms with van der Waals surface area (Å²) in [6, 6.07) is 6.84. The summed E-state index contributed by atoms with van der Waals surface area (Å²) in [6.07, 6.45) is 1.46. The number of ether oxygens (including phenoxy) is 1. The van der Waals surface area contributed by atoms with E-state index in [4.69, 9.17) is 10.5 Å². The molecule has 0 spiro atoms. The van der Waals surface area contributed by atoms with Crippen molar-refractivity contribution in [1.82, 2.24) is 4.90 Å². The third kappa shape index (κ3) is 5.37.